The van der Waals surface area contributed by atoms with Gasteiger partial charge >= 0.3 is 0 Å². The van der Waals surface area contributed by atoms with Crippen molar-refractivity contribution in [2.45, 2.75) is 0 Å². The molecule has 1 amide bonds. The number of hydrogen-bond donors (Lipinski definition) is 1. The van der Waals surface area contributed by atoms with Crippen LogP contribution in [0.4, 0.5) is 10.1 Å². The average molecular weight is 403 g/mol. The van der Waals surface area contributed by atoms with Crippen molar-refractivity contribution in [2.24, 2.45) is 0 Å². The van der Waals surface area contributed by atoms with Crippen LogP contribution in [-0.2, 0) is 4.79 Å². The van der Waals surface area contributed by atoms with E-state index in [0.29, 0.717) is 32.4 Å². The molecule has 5 nitrogen and oxygen atoms in total. The fourth-order valence-electron chi connectivity index (χ4n) is 1.93. The van der Waals surface area contributed by atoms with Crippen molar-refractivity contribution in [3.63, 3.8) is 0 Å². The molecule has 0 aliphatic carbocycles. The third kappa shape index (κ3) is 3.68. The largest absolute Gasteiger partial charge is 0.483 e. The lowest BCUT2D eigenvalue weighted by atomic mass is 10.2. The molecule has 0 saturated carbocycles. The van der Waals surface area contributed by atoms with Gasteiger partial charge in [0.15, 0.2) is 18.1 Å². The second kappa shape index (κ2) is 6.64. The molecule has 2 aromatic carbocycles. The Kier molecular flexibility index (Phi) is 4.58. The number of anilines is 1. The minimum atomic E-state index is -0.415. The molecular weight excluding hydrogens is 393 g/mol. The minimum Gasteiger partial charge on any atom is -0.483 e. The van der Waals surface area contributed by atoms with E-state index in [9.17, 15) is 9.18 Å². The van der Waals surface area contributed by atoms with Crippen molar-refractivity contribution < 1.29 is 23.4 Å². The first-order valence-corrected chi connectivity index (χ1v) is 7.67. The second-order valence-electron chi connectivity index (χ2n) is 4.60. The second-order valence-corrected chi connectivity index (χ2v) is 5.86. The number of halogens is 3. The number of rotatable bonds is 4. The number of ether oxygens (including phenoxy) is 3. The molecule has 0 unspecified atom stereocenters. The van der Waals surface area contributed by atoms with Crippen LogP contribution in [0.3, 0.4) is 0 Å². The molecule has 23 heavy (non-hydrogen) atoms. The highest BCUT2D eigenvalue weighted by atomic mass is 79.9. The lowest BCUT2D eigenvalue weighted by molar-refractivity contribution is -0.118. The summed E-state index contributed by atoms with van der Waals surface area (Å²) in [5.41, 5.74) is 0.391. The molecule has 0 radical (unpaired) electrons. The van der Waals surface area contributed by atoms with Gasteiger partial charge in [0.1, 0.15) is 11.6 Å². The molecule has 0 bridgehead atoms. The molecule has 3 rings (SSSR count). The molecule has 1 aliphatic heterocycles. The van der Waals surface area contributed by atoms with E-state index in [4.69, 9.17) is 25.8 Å². The molecule has 0 spiro atoms. The van der Waals surface area contributed by atoms with Gasteiger partial charge in [0.05, 0.1) is 15.2 Å². The number of carbonyl (C=O) groups excluding carboxylic acids is 1. The van der Waals surface area contributed by atoms with E-state index in [0.717, 1.165) is 0 Å². The highest BCUT2D eigenvalue weighted by molar-refractivity contribution is 9.10. The summed E-state index contributed by atoms with van der Waals surface area (Å²) in [5, 5.41) is 2.94. The Hall–Kier alpha value is -1.99. The Morgan fingerprint density at radius 2 is 2.04 bits per heavy atom. The Morgan fingerprint density at radius 3 is 2.78 bits per heavy atom. The first kappa shape index (κ1) is 15.9. The van der Waals surface area contributed by atoms with Gasteiger partial charge in [0.25, 0.3) is 5.91 Å². The number of benzene rings is 2. The molecule has 1 heterocycles. The normalized spacial score (nSPS) is 12.1. The van der Waals surface area contributed by atoms with Crippen LogP contribution in [0.1, 0.15) is 0 Å². The maximum absolute atomic E-state index is 13.0. The SMILES string of the molecule is O=C(COc1ccc(F)cc1Br)Nc1cc2c(cc1Cl)OCO2. The van der Waals surface area contributed by atoms with Gasteiger partial charge in [-0.25, -0.2) is 4.39 Å². The fourth-order valence-corrected chi connectivity index (χ4v) is 2.60. The Morgan fingerprint density at radius 1 is 1.30 bits per heavy atom. The molecular formula is C15H10BrClFNO4. The van der Waals surface area contributed by atoms with Gasteiger partial charge in [0, 0.05) is 12.1 Å². The van der Waals surface area contributed by atoms with Gasteiger partial charge in [-0.15, -0.1) is 0 Å². The molecule has 2 aromatic rings. The number of fused-ring (bicyclic) bond motifs is 1. The van der Waals surface area contributed by atoms with Crippen molar-refractivity contribution in [1.29, 1.82) is 0 Å². The van der Waals surface area contributed by atoms with Crippen LogP contribution in [-0.4, -0.2) is 19.3 Å². The van der Waals surface area contributed by atoms with E-state index in [1.807, 2.05) is 0 Å². The standard InChI is InChI=1S/C15H10BrClFNO4/c16-9-3-8(18)1-2-12(9)21-6-15(20)19-11-5-14-13(4-10(11)17)22-7-23-14/h1-5H,6-7H2,(H,19,20). The van der Waals surface area contributed by atoms with Crippen LogP contribution < -0.4 is 19.5 Å². The molecule has 120 valence electrons. The Balaban J connectivity index is 1.63. The summed E-state index contributed by atoms with van der Waals surface area (Å²) in [7, 11) is 0. The van der Waals surface area contributed by atoms with Crippen molar-refractivity contribution in [1.82, 2.24) is 0 Å². The van der Waals surface area contributed by atoms with E-state index in [1.54, 1.807) is 12.1 Å². The molecule has 0 atom stereocenters. The Bertz CT molecular complexity index is 771. The molecule has 0 fully saturated rings. The summed E-state index contributed by atoms with van der Waals surface area (Å²) < 4.78 is 29.2. The van der Waals surface area contributed by atoms with Gasteiger partial charge in [-0.3, -0.25) is 4.79 Å². The van der Waals surface area contributed by atoms with Crippen LogP contribution in [0.15, 0.2) is 34.8 Å². The summed E-state index contributed by atoms with van der Waals surface area (Å²) in [5.74, 6) is 0.576. The Labute approximate surface area is 144 Å². The summed E-state index contributed by atoms with van der Waals surface area (Å²) in [6.07, 6.45) is 0. The lowest BCUT2D eigenvalue weighted by Crippen LogP contribution is -2.20. The quantitative estimate of drug-likeness (QED) is 0.840. The number of carbonyl (C=O) groups is 1. The zero-order chi connectivity index (χ0) is 16.4. The molecule has 8 heteroatoms. The number of hydrogen-bond acceptors (Lipinski definition) is 4. The predicted molar refractivity (Wildman–Crippen MR) is 85.8 cm³/mol. The van der Waals surface area contributed by atoms with Crippen molar-refractivity contribution in [2.75, 3.05) is 18.7 Å². The van der Waals surface area contributed by atoms with Gasteiger partial charge in [-0.05, 0) is 34.1 Å². The molecule has 1 aliphatic rings. The maximum Gasteiger partial charge on any atom is 0.262 e. The highest BCUT2D eigenvalue weighted by Crippen LogP contribution is 2.39. The summed E-state index contributed by atoms with van der Waals surface area (Å²) >= 11 is 9.23. The summed E-state index contributed by atoms with van der Waals surface area (Å²) in [6, 6.07) is 7.07. The van der Waals surface area contributed by atoms with Crippen LogP contribution in [0.5, 0.6) is 17.2 Å². The first-order chi connectivity index (χ1) is 11.0. The van der Waals surface area contributed by atoms with E-state index in [-0.39, 0.29) is 13.4 Å². The zero-order valence-electron chi connectivity index (χ0n) is 11.6. The van der Waals surface area contributed by atoms with Gasteiger partial charge in [-0.1, -0.05) is 11.6 Å². The summed E-state index contributed by atoms with van der Waals surface area (Å²) in [4.78, 5) is 12.0. The predicted octanol–water partition coefficient (Wildman–Crippen LogP) is 3.99. The molecule has 0 saturated heterocycles. The number of amides is 1. The average Bonchev–Trinajstić information content (AvgIpc) is 2.93. The third-order valence-electron chi connectivity index (χ3n) is 2.99. The summed E-state index contributed by atoms with van der Waals surface area (Å²) in [6.45, 7) is -0.139. The minimum absolute atomic E-state index is 0.116. The molecule has 1 N–H and O–H groups in total. The zero-order valence-corrected chi connectivity index (χ0v) is 13.9. The van der Waals surface area contributed by atoms with Gasteiger partial charge in [-0.2, -0.15) is 0 Å². The smallest absolute Gasteiger partial charge is 0.262 e. The fraction of sp³-hybridized carbons (Fsp3) is 0.133. The van der Waals surface area contributed by atoms with E-state index < -0.39 is 11.7 Å². The first-order valence-electron chi connectivity index (χ1n) is 6.50. The van der Waals surface area contributed by atoms with Crippen LogP contribution in [0.25, 0.3) is 0 Å². The molecule has 0 aromatic heterocycles. The topological polar surface area (TPSA) is 56.8 Å². The third-order valence-corrected chi connectivity index (χ3v) is 3.92. The van der Waals surface area contributed by atoms with Gasteiger partial charge in [0.2, 0.25) is 6.79 Å². The van der Waals surface area contributed by atoms with Crippen LogP contribution in [0, 0.1) is 5.82 Å². The lowest BCUT2D eigenvalue weighted by Gasteiger charge is -2.10. The number of nitrogens with one attached hydrogen (secondary N) is 1. The monoisotopic (exact) mass is 401 g/mol. The highest BCUT2D eigenvalue weighted by Gasteiger charge is 2.18. The maximum atomic E-state index is 13.0. The van der Waals surface area contributed by atoms with E-state index in [1.165, 1.54) is 18.2 Å². The van der Waals surface area contributed by atoms with Crippen molar-refractivity contribution in [3.8, 4) is 17.2 Å². The van der Waals surface area contributed by atoms with Crippen molar-refractivity contribution >= 4 is 39.1 Å². The van der Waals surface area contributed by atoms with E-state index in [2.05, 4.69) is 21.2 Å². The van der Waals surface area contributed by atoms with Crippen molar-refractivity contribution in [3.05, 3.63) is 45.6 Å². The van der Waals surface area contributed by atoms with Crippen LogP contribution in [0.2, 0.25) is 5.02 Å². The van der Waals surface area contributed by atoms with E-state index >= 15 is 0 Å². The van der Waals surface area contributed by atoms with Crippen LogP contribution >= 0.6 is 27.5 Å². The van der Waals surface area contributed by atoms with Gasteiger partial charge < -0.3 is 19.5 Å².